The highest BCUT2D eigenvalue weighted by Gasteiger charge is 2.34. The maximum absolute atomic E-state index is 12.5. The van der Waals surface area contributed by atoms with Crippen LogP contribution < -0.4 is 4.74 Å². The van der Waals surface area contributed by atoms with Gasteiger partial charge in [0.15, 0.2) is 0 Å². The van der Waals surface area contributed by atoms with Crippen molar-refractivity contribution in [3.8, 4) is 5.75 Å². The summed E-state index contributed by atoms with van der Waals surface area (Å²) in [5, 5.41) is 0. The van der Waals surface area contributed by atoms with Crippen LogP contribution in [-0.4, -0.2) is 73.7 Å². The van der Waals surface area contributed by atoms with E-state index in [-0.39, 0.29) is 5.91 Å². The number of para-hydroxylation sites is 1. The quantitative estimate of drug-likeness (QED) is 0.750. The average molecular weight is 367 g/mol. The third-order valence-corrected chi connectivity index (χ3v) is 6.67. The number of hydrogen-bond donors (Lipinski definition) is 0. The molecule has 0 saturated carbocycles. The van der Waals surface area contributed by atoms with Crippen LogP contribution in [0.1, 0.15) is 19.3 Å². The van der Waals surface area contributed by atoms with Gasteiger partial charge in [-0.15, -0.1) is 0 Å². The molecule has 0 spiro atoms. The fourth-order valence-electron chi connectivity index (χ4n) is 3.18. The number of benzene rings is 1. The summed E-state index contributed by atoms with van der Waals surface area (Å²) in [5.74, 6) is 0.756. The number of hydrogen-bond acceptors (Lipinski definition) is 4. The van der Waals surface area contributed by atoms with Gasteiger partial charge in [0.25, 0.3) is 10.2 Å². The molecule has 2 heterocycles. The molecular weight excluding hydrogens is 342 g/mol. The molecule has 3 rings (SSSR count). The van der Waals surface area contributed by atoms with Crippen molar-refractivity contribution in [1.82, 2.24) is 13.5 Å². The van der Waals surface area contributed by atoms with Gasteiger partial charge in [-0.3, -0.25) is 4.79 Å². The third kappa shape index (κ3) is 4.50. The van der Waals surface area contributed by atoms with E-state index < -0.39 is 10.2 Å². The topological polar surface area (TPSA) is 70.2 Å². The Balaban J connectivity index is 1.43. The molecule has 0 unspecified atom stereocenters. The van der Waals surface area contributed by atoms with Crippen LogP contribution in [-0.2, 0) is 15.0 Å². The first-order valence-corrected chi connectivity index (χ1v) is 10.2. The van der Waals surface area contributed by atoms with E-state index in [1.54, 1.807) is 9.21 Å². The van der Waals surface area contributed by atoms with Gasteiger partial charge in [-0.1, -0.05) is 18.2 Å². The van der Waals surface area contributed by atoms with Gasteiger partial charge in [0, 0.05) is 39.3 Å². The second kappa shape index (κ2) is 8.16. The zero-order valence-corrected chi connectivity index (χ0v) is 15.2. The minimum absolute atomic E-state index is 0.00847. The Bertz CT molecular complexity index is 666. The first kappa shape index (κ1) is 18.2. The molecule has 2 aliphatic heterocycles. The van der Waals surface area contributed by atoms with Gasteiger partial charge in [0.05, 0.1) is 13.0 Å². The fourth-order valence-corrected chi connectivity index (χ4v) is 4.85. The van der Waals surface area contributed by atoms with Gasteiger partial charge < -0.3 is 9.64 Å². The first-order chi connectivity index (χ1) is 12.1. The molecule has 0 radical (unpaired) electrons. The van der Waals surface area contributed by atoms with Gasteiger partial charge in [-0.25, -0.2) is 0 Å². The van der Waals surface area contributed by atoms with Crippen molar-refractivity contribution in [3.63, 3.8) is 0 Å². The molecule has 0 aliphatic carbocycles. The molecule has 8 heteroatoms. The largest absolute Gasteiger partial charge is 0.493 e. The molecule has 0 aromatic heterocycles. The summed E-state index contributed by atoms with van der Waals surface area (Å²) >= 11 is 0. The Morgan fingerprint density at radius 3 is 2.16 bits per heavy atom. The minimum Gasteiger partial charge on any atom is -0.493 e. The summed E-state index contributed by atoms with van der Waals surface area (Å²) in [6.07, 6.45) is 2.16. The number of piperazine rings is 1. The number of carbonyl (C=O) groups excluding carboxylic acids is 1. The van der Waals surface area contributed by atoms with Crippen molar-refractivity contribution in [2.75, 3.05) is 45.9 Å². The van der Waals surface area contributed by atoms with Gasteiger partial charge >= 0.3 is 0 Å². The lowest BCUT2D eigenvalue weighted by Gasteiger charge is -2.35. The Morgan fingerprint density at radius 2 is 1.52 bits per heavy atom. The molecule has 25 heavy (non-hydrogen) atoms. The lowest BCUT2D eigenvalue weighted by Crippen LogP contribution is -2.53. The normalized spacial score (nSPS) is 19.9. The standard InChI is InChI=1S/C17H25N3O4S/c21-17(8-15-24-16-6-2-1-3-7-16)18-11-13-20(14-12-18)25(22,23)19-9-4-5-10-19/h1-3,6-7H,4-5,8-15H2. The predicted molar refractivity (Wildman–Crippen MR) is 94.4 cm³/mol. The predicted octanol–water partition coefficient (Wildman–Crippen LogP) is 0.940. The number of nitrogens with zero attached hydrogens (tertiary/aromatic N) is 3. The number of amides is 1. The Labute approximate surface area is 149 Å². The van der Waals surface area contributed by atoms with Crippen molar-refractivity contribution >= 4 is 16.1 Å². The lowest BCUT2D eigenvalue weighted by atomic mass is 10.3. The molecule has 0 N–H and O–H groups in total. The molecular formula is C17H25N3O4S. The minimum atomic E-state index is -3.36. The Kier molecular flexibility index (Phi) is 5.93. The van der Waals surface area contributed by atoms with Crippen molar-refractivity contribution in [2.45, 2.75) is 19.3 Å². The zero-order chi connectivity index (χ0) is 17.7. The van der Waals surface area contributed by atoms with Crippen LogP contribution in [0.5, 0.6) is 5.75 Å². The molecule has 1 aromatic rings. The highest BCUT2D eigenvalue weighted by atomic mass is 32.2. The van der Waals surface area contributed by atoms with Crippen LogP contribution in [0.4, 0.5) is 0 Å². The van der Waals surface area contributed by atoms with Crippen molar-refractivity contribution in [1.29, 1.82) is 0 Å². The number of rotatable bonds is 6. The summed E-state index contributed by atoms with van der Waals surface area (Å²) < 4.78 is 33.6. The van der Waals surface area contributed by atoms with Crippen LogP contribution >= 0.6 is 0 Å². The summed E-state index contributed by atoms with van der Waals surface area (Å²) in [6, 6.07) is 9.39. The molecule has 1 aromatic carbocycles. The van der Waals surface area contributed by atoms with E-state index >= 15 is 0 Å². The SMILES string of the molecule is O=C(CCOc1ccccc1)N1CCN(S(=O)(=O)N2CCCC2)CC1. The highest BCUT2D eigenvalue weighted by Crippen LogP contribution is 2.18. The molecule has 2 aliphatic rings. The maximum atomic E-state index is 12.5. The monoisotopic (exact) mass is 367 g/mol. The van der Waals surface area contributed by atoms with E-state index in [2.05, 4.69) is 0 Å². The number of ether oxygens (including phenoxy) is 1. The number of carbonyl (C=O) groups is 1. The van der Waals surface area contributed by atoms with E-state index in [1.165, 1.54) is 4.31 Å². The summed E-state index contributed by atoms with van der Waals surface area (Å²) in [5.41, 5.74) is 0. The second-order valence-corrected chi connectivity index (χ2v) is 8.23. The second-order valence-electron chi connectivity index (χ2n) is 6.31. The molecule has 2 saturated heterocycles. The molecule has 0 bridgehead atoms. The van der Waals surface area contributed by atoms with Gasteiger partial charge in [-0.2, -0.15) is 17.0 Å². The van der Waals surface area contributed by atoms with E-state index in [1.807, 2.05) is 30.3 Å². The van der Waals surface area contributed by atoms with E-state index in [0.717, 1.165) is 18.6 Å². The van der Waals surface area contributed by atoms with E-state index in [4.69, 9.17) is 4.74 Å². The Hall–Kier alpha value is -1.64. The summed E-state index contributed by atoms with van der Waals surface area (Å²) in [6.45, 7) is 3.16. The van der Waals surface area contributed by atoms with E-state index in [0.29, 0.717) is 52.3 Å². The van der Waals surface area contributed by atoms with Crippen molar-refractivity contribution in [3.05, 3.63) is 30.3 Å². The van der Waals surface area contributed by atoms with Crippen LogP contribution in [0.15, 0.2) is 30.3 Å². The Morgan fingerprint density at radius 1 is 0.920 bits per heavy atom. The maximum Gasteiger partial charge on any atom is 0.282 e. The van der Waals surface area contributed by atoms with Gasteiger partial charge in [0.1, 0.15) is 5.75 Å². The third-order valence-electron chi connectivity index (χ3n) is 4.64. The van der Waals surface area contributed by atoms with Crippen LogP contribution in [0.25, 0.3) is 0 Å². The van der Waals surface area contributed by atoms with Gasteiger partial charge in [-0.05, 0) is 25.0 Å². The van der Waals surface area contributed by atoms with Crippen LogP contribution in [0.2, 0.25) is 0 Å². The van der Waals surface area contributed by atoms with Crippen molar-refractivity contribution < 1.29 is 17.9 Å². The lowest BCUT2D eigenvalue weighted by molar-refractivity contribution is -0.132. The summed E-state index contributed by atoms with van der Waals surface area (Å²) in [4.78, 5) is 14.0. The molecule has 138 valence electrons. The zero-order valence-electron chi connectivity index (χ0n) is 14.3. The molecule has 0 atom stereocenters. The van der Waals surface area contributed by atoms with Gasteiger partial charge in [0.2, 0.25) is 5.91 Å². The smallest absolute Gasteiger partial charge is 0.282 e. The van der Waals surface area contributed by atoms with E-state index in [9.17, 15) is 13.2 Å². The molecule has 2 fully saturated rings. The van der Waals surface area contributed by atoms with Crippen LogP contribution in [0.3, 0.4) is 0 Å². The summed E-state index contributed by atoms with van der Waals surface area (Å²) in [7, 11) is -3.36. The molecule has 7 nitrogen and oxygen atoms in total. The fraction of sp³-hybridized carbons (Fsp3) is 0.588. The first-order valence-electron chi connectivity index (χ1n) is 8.78. The average Bonchev–Trinajstić information content (AvgIpc) is 3.18. The molecule has 1 amide bonds. The van der Waals surface area contributed by atoms with Crippen molar-refractivity contribution in [2.24, 2.45) is 0 Å². The highest BCUT2D eigenvalue weighted by molar-refractivity contribution is 7.86. The van der Waals surface area contributed by atoms with Crippen LogP contribution in [0, 0.1) is 0 Å².